The van der Waals surface area contributed by atoms with Gasteiger partial charge in [-0.1, -0.05) is 24.3 Å². The Labute approximate surface area is 121 Å². The molecule has 0 fully saturated rings. The van der Waals surface area contributed by atoms with Crippen molar-refractivity contribution in [3.63, 3.8) is 0 Å². The van der Waals surface area contributed by atoms with Crippen molar-refractivity contribution < 1.29 is 26.3 Å². The maximum absolute atomic E-state index is 14.1. The Bertz CT molecular complexity index is 713. The molecule has 0 spiro atoms. The predicted molar refractivity (Wildman–Crippen MR) is 67.6 cm³/mol. The molecule has 0 aliphatic carbocycles. The van der Waals surface area contributed by atoms with Crippen molar-refractivity contribution in [2.24, 2.45) is 0 Å². The van der Waals surface area contributed by atoms with Gasteiger partial charge in [-0.2, -0.15) is 13.2 Å². The molecule has 2 aromatic rings. The number of alkyl halides is 3. The van der Waals surface area contributed by atoms with E-state index in [0.29, 0.717) is 6.07 Å². The second kappa shape index (κ2) is 4.93. The van der Waals surface area contributed by atoms with Crippen LogP contribution in [0.2, 0.25) is 0 Å². The summed E-state index contributed by atoms with van der Waals surface area (Å²) >= 11 is 0. The van der Waals surface area contributed by atoms with Crippen LogP contribution in [0.4, 0.5) is 32.0 Å². The first-order chi connectivity index (χ1) is 10.3. The number of hydrogen-bond acceptors (Lipinski definition) is 1. The highest BCUT2D eigenvalue weighted by molar-refractivity contribution is 5.55. The highest BCUT2D eigenvalue weighted by Crippen LogP contribution is 2.40. The van der Waals surface area contributed by atoms with Crippen molar-refractivity contribution in [2.75, 3.05) is 4.90 Å². The third-order valence-electron chi connectivity index (χ3n) is 3.60. The van der Waals surface area contributed by atoms with E-state index >= 15 is 0 Å². The van der Waals surface area contributed by atoms with Crippen molar-refractivity contribution >= 4 is 5.69 Å². The van der Waals surface area contributed by atoms with Crippen LogP contribution in [0.3, 0.4) is 0 Å². The average molecular weight is 317 g/mol. The number of halogens is 6. The van der Waals surface area contributed by atoms with Crippen molar-refractivity contribution in [3.05, 3.63) is 64.5 Å². The van der Waals surface area contributed by atoms with E-state index in [9.17, 15) is 26.3 Å². The third kappa shape index (κ3) is 2.30. The lowest BCUT2D eigenvalue weighted by Crippen LogP contribution is -2.21. The smallest absolute Gasteiger partial charge is 0.360 e. The van der Waals surface area contributed by atoms with Crippen molar-refractivity contribution in [3.8, 4) is 0 Å². The lowest BCUT2D eigenvalue weighted by molar-refractivity contribution is -0.142. The molecule has 2 aromatic carbocycles. The molecule has 0 amide bonds. The van der Waals surface area contributed by atoms with Gasteiger partial charge in [-0.05, 0) is 11.1 Å². The highest BCUT2D eigenvalue weighted by atomic mass is 19.4. The van der Waals surface area contributed by atoms with Crippen LogP contribution in [0.1, 0.15) is 16.7 Å². The Kier molecular flexibility index (Phi) is 3.30. The Morgan fingerprint density at radius 1 is 0.864 bits per heavy atom. The average Bonchev–Trinajstić information content (AvgIpc) is 2.85. The van der Waals surface area contributed by atoms with Gasteiger partial charge in [-0.3, -0.25) is 0 Å². The minimum atomic E-state index is -5.31. The van der Waals surface area contributed by atoms with E-state index in [1.165, 1.54) is 4.90 Å². The molecule has 0 saturated carbocycles. The molecule has 3 rings (SSSR count). The molecule has 0 saturated heterocycles. The van der Waals surface area contributed by atoms with Gasteiger partial charge in [0.05, 0.1) is 5.69 Å². The van der Waals surface area contributed by atoms with E-state index in [1.54, 1.807) is 24.3 Å². The molecule has 1 aliphatic rings. The summed E-state index contributed by atoms with van der Waals surface area (Å²) in [5.41, 5.74) is -1.18. The zero-order valence-electron chi connectivity index (χ0n) is 11.0. The third-order valence-corrected chi connectivity index (χ3v) is 3.60. The fourth-order valence-electron chi connectivity index (χ4n) is 2.57. The molecular weight excluding hydrogens is 308 g/mol. The van der Waals surface area contributed by atoms with E-state index < -0.39 is 34.9 Å². The van der Waals surface area contributed by atoms with Crippen LogP contribution >= 0.6 is 0 Å². The summed E-state index contributed by atoms with van der Waals surface area (Å²) in [6, 6.07) is 7.44. The SMILES string of the molecule is Fc1cc(N2Cc3ccccc3C2)c(F)c(C(F)(F)F)c1F. The Morgan fingerprint density at radius 2 is 1.41 bits per heavy atom. The summed E-state index contributed by atoms with van der Waals surface area (Å²) in [5.74, 6) is -5.73. The van der Waals surface area contributed by atoms with E-state index in [2.05, 4.69) is 0 Å². The first-order valence-electron chi connectivity index (χ1n) is 6.35. The van der Waals surface area contributed by atoms with Gasteiger partial charge >= 0.3 is 6.18 Å². The Morgan fingerprint density at radius 3 is 1.91 bits per heavy atom. The van der Waals surface area contributed by atoms with Gasteiger partial charge in [0, 0.05) is 19.2 Å². The van der Waals surface area contributed by atoms with Gasteiger partial charge in [0.2, 0.25) is 0 Å². The molecule has 1 aliphatic heterocycles. The van der Waals surface area contributed by atoms with Crippen LogP contribution in [0, 0.1) is 17.5 Å². The zero-order chi connectivity index (χ0) is 16.1. The quantitative estimate of drug-likeness (QED) is 0.547. The zero-order valence-corrected chi connectivity index (χ0v) is 11.0. The van der Waals surface area contributed by atoms with Gasteiger partial charge in [0.15, 0.2) is 17.5 Å². The second-order valence-electron chi connectivity index (χ2n) is 5.00. The first-order valence-corrected chi connectivity index (χ1v) is 6.35. The summed E-state index contributed by atoms with van der Waals surface area (Å²) in [5, 5.41) is 0. The number of hydrogen-bond donors (Lipinski definition) is 0. The summed E-state index contributed by atoms with van der Waals surface area (Å²) < 4.78 is 79.2. The van der Waals surface area contributed by atoms with E-state index in [4.69, 9.17) is 0 Å². The minimum absolute atomic E-state index is 0.134. The summed E-state index contributed by atoms with van der Waals surface area (Å²) in [4.78, 5) is 1.25. The van der Waals surface area contributed by atoms with Crippen LogP contribution in [-0.4, -0.2) is 0 Å². The van der Waals surface area contributed by atoms with Crippen LogP contribution in [0.25, 0.3) is 0 Å². The van der Waals surface area contributed by atoms with Crippen LogP contribution in [-0.2, 0) is 19.3 Å². The molecule has 7 heteroatoms. The minimum Gasteiger partial charge on any atom is -0.360 e. The topological polar surface area (TPSA) is 3.24 Å². The number of anilines is 1. The molecule has 0 bridgehead atoms. The predicted octanol–water partition coefficient (Wildman–Crippen LogP) is 4.64. The van der Waals surface area contributed by atoms with E-state index in [0.717, 1.165) is 11.1 Å². The first kappa shape index (κ1) is 14.7. The normalized spacial score (nSPS) is 14.4. The Hall–Kier alpha value is -2.18. The van der Waals surface area contributed by atoms with Crippen molar-refractivity contribution in [1.29, 1.82) is 0 Å². The number of fused-ring (bicyclic) bond motifs is 1. The van der Waals surface area contributed by atoms with Crippen LogP contribution in [0.5, 0.6) is 0 Å². The van der Waals surface area contributed by atoms with Gasteiger partial charge in [0.1, 0.15) is 5.56 Å². The maximum atomic E-state index is 14.1. The highest BCUT2D eigenvalue weighted by Gasteiger charge is 2.41. The molecule has 116 valence electrons. The van der Waals surface area contributed by atoms with Gasteiger partial charge in [-0.15, -0.1) is 0 Å². The molecule has 0 atom stereocenters. The molecule has 0 aromatic heterocycles. The summed E-state index contributed by atoms with van der Waals surface area (Å²) in [6.07, 6.45) is -5.31. The van der Waals surface area contributed by atoms with Crippen molar-refractivity contribution in [1.82, 2.24) is 0 Å². The van der Waals surface area contributed by atoms with Gasteiger partial charge in [-0.25, -0.2) is 13.2 Å². The van der Waals surface area contributed by atoms with E-state index in [-0.39, 0.29) is 13.1 Å². The lowest BCUT2D eigenvalue weighted by Gasteiger charge is -2.21. The van der Waals surface area contributed by atoms with Gasteiger partial charge in [0.25, 0.3) is 0 Å². The van der Waals surface area contributed by atoms with Crippen LogP contribution in [0.15, 0.2) is 30.3 Å². The standard InChI is InChI=1S/C15H9F6N/c16-10-5-11(14(18)12(13(10)17)15(19,20)21)22-6-8-3-1-2-4-9(8)7-22/h1-5H,6-7H2. The van der Waals surface area contributed by atoms with Crippen LogP contribution < -0.4 is 4.90 Å². The summed E-state index contributed by atoms with van der Waals surface area (Å²) in [6.45, 7) is 0.269. The molecular formula is C15H9F6N. The molecule has 0 unspecified atom stereocenters. The number of benzene rings is 2. The van der Waals surface area contributed by atoms with E-state index in [1.807, 2.05) is 0 Å². The molecule has 1 nitrogen and oxygen atoms in total. The molecule has 1 heterocycles. The molecule has 0 N–H and O–H groups in total. The van der Waals surface area contributed by atoms with Gasteiger partial charge < -0.3 is 4.90 Å². The largest absolute Gasteiger partial charge is 0.422 e. The fourth-order valence-corrected chi connectivity index (χ4v) is 2.57. The Balaban J connectivity index is 2.09. The second-order valence-corrected chi connectivity index (χ2v) is 5.00. The fraction of sp³-hybridized carbons (Fsp3) is 0.200. The number of rotatable bonds is 1. The summed E-state index contributed by atoms with van der Waals surface area (Å²) in [7, 11) is 0. The lowest BCUT2D eigenvalue weighted by atomic mass is 10.1. The van der Waals surface area contributed by atoms with Crippen molar-refractivity contribution in [2.45, 2.75) is 19.3 Å². The molecule has 22 heavy (non-hydrogen) atoms. The number of nitrogens with zero attached hydrogens (tertiary/aromatic N) is 1. The monoisotopic (exact) mass is 317 g/mol. The maximum Gasteiger partial charge on any atom is 0.422 e. The molecule has 0 radical (unpaired) electrons.